The maximum absolute atomic E-state index is 12.1. The number of amides is 1. The zero-order valence-electron chi connectivity index (χ0n) is 16.7. The van der Waals surface area contributed by atoms with E-state index in [9.17, 15) is 4.79 Å². The number of benzene rings is 1. The molecule has 1 aliphatic heterocycles. The van der Waals surface area contributed by atoms with E-state index in [0.29, 0.717) is 12.6 Å². The van der Waals surface area contributed by atoms with E-state index in [0.717, 1.165) is 44.9 Å². The predicted molar refractivity (Wildman–Crippen MR) is 108 cm³/mol. The van der Waals surface area contributed by atoms with E-state index < -0.39 is 0 Å². The average Bonchev–Trinajstić information content (AvgIpc) is 2.66. The first-order valence-electron chi connectivity index (χ1n) is 9.95. The van der Waals surface area contributed by atoms with Gasteiger partial charge in [-0.05, 0) is 37.3 Å². The Labute approximate surface area is 158 Å². The summed E-state index contributed by atoms with van der Waals surface area (Å²) in [5.41, 5.74) is 2.64. The molecule has 1 aromatic carbocycles. The van der Waals surface area contributed by atoms with E-state index in [1.54, 1.807) is 0 Å². The number of rotatable bonds is 6. The van der Waals surface area contributed by atoms with Crippen molar-refractivity contribution >= 4 is 11.9 Å². The van der Waals surface area contributed by atoms with Crippen molar-refractivity contribution in [1.29, 1.82) is 0 Å². The largest absolute Gasteiger partial charge is 0.357 e. The second-order valence-electron chi connectivity index (χ2n) is 7.22. The first kappa shape index (κ1) is 20.3. The molecule has 1 amide bonds. The number of nitrogens with one attached hydrogen (secondary N) is 2. The summed E-state index contributed by atoms with van der Waals surface area (Å²) >= 11 is 0. The smallest absolute Gasteiger partial charge is 0.225 e. The maximum atomic E-state index is 12.1. The molecule has 0 radical (unpaired) electrons. The zero-order chi connectivity index (χ0) is 18.9. The summed E-state index contributed by atoms with van der Waals surface area (Å²) < 4.78 is 0. The van der Waals surface area contributed by atoms with E-state index in [1.807, 2.05) is 18.7 Å². The summed E-state index contributed by atoms with van der Waals surface area (Å²) in [4.78, 5) is 18.9. The van der Waals surface area contributed by atoms with E-state index in [1.165, 1.54) is 11.1 Å². The Balaban J connectivity index is 1.93. The fourth-order valence-corrected chi connectivity index (χ4v) is 3.34. The summed E-state index contributed by atoms with van der Waals surface area (Å²) in [5, 5.41) is 6.90. The van der Waals surface area contributed by atoms with Gasteiger partial charge < -0.3 is 15.5 Å². The Bertz CT molecular complexity index is 604. The molecule has 5 heteroatoms. The van der Waals surface area contributed by atoms with Gasteiger partial charge in [0.15, 0.2) is 5.96 Å². The molecule has 1 fully saturated rings. The van der Waals surface area contributed by atoms with Gasteiger partial charge in [-0.3, -0.25) is 4.79 Å². The molecule has 0 aromatic heterocycles. The number of carbonyl (C=O) groups is 1. The first-order valence-corrected chi connectivity index (χ1v) is 9.95. The Morgan fingerprint density at radius 1 is 1.19 bits per heavy atom. The van der Waals surface area contributed by atoms with Crippen molar-refractivity contribution in [3.8, 4) is 0 Å². The molecule has 1 heterocycles. The van der Waals surface area contributed by atoms with Gasteiger partial charge in [-0.25, -0.2) is 4.99 Å². The molecule has 0 unspecified atom stereocenters. The molecular weight excluding hydrogens is 324 g/mol. The maximum Gasteiger partial charge on any atom is 0.225 e. The third-order valence-corrected chi connectivity index (χ3v) is 4.89. The van der Waals surface area contributed by atoms with Crippen LogP contribution in [0.3, 0.4) is 0 Å². The number of piperidine rings is 1. The lowest BCUT2D eigenvalue weighted by Gasteiger charge is -2.34. The summed E-state index contributed by atoms with van der Waals surface area (Å²) in [5.74, 6) is 1.21. The van der Waals surface area contributed by atoms with Crippen molar-refractivity contribution in [3.05, 3.63) is 35.4 Å². The van der Waals surface area contributed by atoms with Crippen molar-refractivity contribution in [2.24, 2.45) is 10.9 Å². The Morgan fingerprint density at radius 2 is 1.85 bits per heavy atom. The molecule has 0 atom stereocenters. The van der Waals surface area contributed by atoms with Gasteiger partial charge in [-0.1, -0.05) is 45.0 Å². The van der Waals surface area contributed by atoms with Crippen LogP contribution in [0.1, 0.15) is 51.7 Å². The van der Waals surface area contributed by atoms with Crippen LogP contribution in [0.25, 0.3) is 0 Å². The van der Waals surface area contributed by atoms with Crippen molar-refractivity contribution in [1.82, 2.24) is 15.5 Å². The molecule has 1 saturated heterocycles. The second kappa shape index (κ2) is 10.2. The minimum absolute atomic E-state index is 0.0806. The van der Waals surface area contributed by atoms with Gasteiger partial charge in [0, 0.05) is 31.6 Å². The highest BCUT2D eigenvalue weighted by molar-refractivity contribution is 5.80. The normalized spacial score (nSPS) is 16.0. The molecule has 2 rings (SSSR count). The molecule has 0 saturated carbocycles. The lowest BCUT2D eigenvalue weighted by molar-refractivity contribution is -0.135. The van der Waals surface area contributed by atoms with E-state index in [4.69, 9.17) is 4.99 Å². The van der Waals surface area contributed by atoms with E-state index >= 15 is 0 Å². The van der Waals surface area contributed by atoms with Gasteiger partial charge in [0.25, 0.3) is 0 Å². The number of guanidine groups is 1. The van der Waals surface area contributed by atoms with Crippen LogP contribution >= 0.6 is 0 Å². The third-order valence-electron chi connectivity index (χ3n) is 4.89. The molecule has 144 valence electrons. The Hall–Kier alpha value is -2.04. The summed E-state index contributed by atoms with van der Waals surface area (Å²) in [6.45, 7) is 11.4. The highest BCUT2D eigenvalue weighted by atomic mass is 16.2. The average molecular weight is 359 g/mol. The number of carbonyl (C=O) groups excluding carboxylic acids is 1. The monoisotopic (exact) mass is 358 g/mol. The molecule has 1 aliphatic rings. The van der Waals surface area contributed by atoms with Crippen molar-refractivity contribution < 1.29 is 4.79 Å². The highest BCUT2D eigenvalue weighted by Crippen LogP contribution is 2.14. The molecule has 5 nitrogen and oxygen atoms in total. The van der Waals surface area contributed by atoms with E-state index in [-0.39, 0.29) is 11.8 Å². The van der Waals surface area contributed by atoms with Gasteiger partial charge in [0.1, 0.15) is 0 Å². The number of aliphatic imine (C=N–C) groups is 1. The standard InChI is InChI=1S/C21H34N4O/c1-5-17-9-7-8-10-18(17)15-23-21(22-6-2)24-19-11-13-25(14-12-19)20(26)16(3)4/h7-10,16,19H,5-6,11-15H2,1-4H3,(H2,22,23,24). The fourth-order valence-electron chi connectivity index (χ4n) is 3.34. The van der Waals surface area contributed by atoms with Crippen LogP contribution in [0.15, 0.2) is 29.3 Å². The highest BCUT2D eigenvalue weighted by Gasteiger charge is 2.24. The lowest BCUT2D eigenvalue weighted by Crippen LogP contribution is -2.50. The SMILES string of the molecule is CCNC(=NCc1ccccc1CC)NC1CCN(C(=O)C(C)C)CC1. The Morgan fingerprint density at radius 3 is 2.42 bits per heavy atom. The van der Waals surface area contributed by atoms with E-state index in [2.05, 4.69) is 48.7 Å². The van der Waals surface area contributed by atoms with Gasteiger partial charge in [0.05, 0.1) is 6.54 Å². The molecule has 26 heavy (non-hydrogen) atoms. The van der Waals surface area contributed by atoms with Crippen LogP contribution in [0.4, 0.5) is 0 Å². The summed E-state index contributed by atoms with van der Waals surface area (Å²) in [7, 11) is 0. The number of likely N-dealkylation sites (tertiary alicyclic amines) is 1. The number of hydrogen-bond donors (Lipinski definition) is 2. The van der Waals surface area contributed by atoms with Crippen LogP contribution < -0.4 is 10.6 Å². The van der Waals surface area contributed by atoms with Gasteiger partial charge in [0.2, 0.25) is 5.91 Å². The predicted octanol–water partition coefficient (Wildman–Crippen LogP) is 2.95. The first-order chi connectivity index (χ1) is 12.5. The summed E-state index contributed by atoms with van der Waals surface area (Å²) in [6, 6.07) is 8.85. The molecular formula is C21H34N4O. The van der Waals surface area contributed by atoms with Crippen LogP contribution in [-0.2, 0) is 17.8 Å². The summed E-state index contributed by atoms with van der Waals surface area (Å²) in [6.07, 6.45) is 2.96. The van der Waals surface area contributed by atoms with Crippen LogP contribution in [0.5, 0.6) is 0 Å². The van der Waals surface area contributed by atoms with Gasteiger partial charge in [-0.2, -0.15) is 0 Å². The number of nitrogens with zero attached hydrogens (tertiary/aromatic N) is 2. The molecule has 0 bridgehead atoms. The zero-order valence-corrected chi connectivity index (χ0v) is 16.7. The number of aryl methyl sites for hydroxylation is 1. The topological polar surface area (TPSA) is 56.7 Å². The second-order valence-corrected chi connectivity index (χ2v) is 7.22. The minimum Gasteiger partial charge on any atom is -0.357 e. The van der Waals surface area contributed by atoms with Crippen molar-refractivity contribution in [2.45, 2.75) is 59.5 Å². The minimum atomic E-state index is 0.0806. The molecule has 0 spiro atoms. The molecule has 0 aliphatic carbocycles. The number of hydrogen-bond acceptors (Lipinski definition) is 2. The van der Waals surface area contributed by atoms with Crippen LogP contribution in [-0.4, -0.2) is 42.4 Å². The molecule has 2 N–H and O–H groups in total. The van der Waals surface area contributed by atoms with Crippen molar-refractivity contribution in [3.63, 3.8) is 0 Å². The van der Waals surface area contributed by atoms with Crippen LogP contribution in [0.2, 0.25) is 0 Å². The van der Waals surface area contributed by atoms with Crippen LogP contribution in [0, 0.1) is 5.92 Å². The fraction of sp³-hybridized carbons (Fsp3) is 0.619. The quantitative estimate of drug-likeness (QED) is 0.607. The third kappa shape index (κ3) is 5.75. The molecule has 1 aromatic rings. The van der Waals surface area contributed by atoms with Crippen molar-refractivity contribution in [2.75, 3.05) is 19.6 Å². The van der Waals surface area contributed by atoms with Gasteiger partial charge in [-0.15, -0.1) is 0 Å². The van der Waals surface area contributed by atoms with Gasteiger partial charge >= 0.3 is 0 Å². The lowest BCUT2D eigenvalue weighted by atomic mass is 10.0. The Kier molecular flexibility index (Phi) is 7.95.